The molecule has 0 unspecified atom stereocenters. The van der Waals surface area contributed by atoms with Gasteiger partial charge in [0.25, 0.3) is 10.0 Å². The highest BCUT2D eigenvalue weighted by atomic mass is 35.5. The second-order valence-corrected chi connectivity index (χ2v) is 9.53. The lowest BCUT2D eigenvalue weighted by atomic mass is 10.00. The maximum Gasteiger partial charge on any atom is 0.252 e. The minimum Gasteiger partial charge on any atom is -0.361 e. The van der Waals surface area contributed by atoms with Crippen LogP contribution in [0.1, 0.15) is 12.0 Å². The third-order valence-corrected chi connectivity index (χ3v) is 7.81. The number of hydrogen-bond donors (Lipinski definition) is 1. The number of halogens is 1. The fourth-order valence-corrected chi connectivity index (χ4v) is 6.03. The van der Waals surface area contributed by atoms with E-state index in [4.69, 9.17) is 11.6 Å². The van der Waals surface area contributed by atoms with Crippen LogP contribution in [-0.2, 0) is 10.0 Å². The lowest BCUT2D eigenvalue weighted by molar-refractivity contribution is 0.443. The van der Waals surface area contributed by atoms with Gasteiger partial charge in [0.15, 0.2) is 0 Å². The van der Waals surface area contributed by atoms with Gasteiger partial charge in [-0.25, -0.2) is 8.42 Å². The van der Waals surface area contributed by atoms with Crippen molar-refractivity contribution in [2.75, 3.05) is 13.1 Å². The Kier molecular flexibility index (Phi) is 4.00. The van der Waals surface area contributed by atoms with Crippen LogP contribution >= 0.6 is 22.9 Å². The van der Waals surface area contributed by atoms with E-state index in [-0.39, 0.29) is 0 Å². The van der Waals surface area contributed by atoms with Crippen molar-refractivity contribution in [2.24, 2.45) is 0 Å². The van der Waals surface area contributed by atoms with E-state index in [0.717, 1.165) is 22.4 Å². The van der Waals surface area contributed by atoms with Gasteiger partial charge in [0, 0.05) is 35.8 Å². The summed E-state index contributed by atoms with van der Waals surface area (Å²) < 4.78 is 27.6. The van der Waals surface area contributed by atoms with Crippen LogP contribution in [0.2, 0.25) is 4.34 Å². The van der Waals surface area contributed by atoms with Crippen LogP contribution in [0.15, 0.2) is 52.9 Å². The van der Waals surface area contributed by atoms with E-state index in [2.05, 4.69) is 11.1 Å². The average molecular weight is 379 g/mol. The topological polar surface area (TPSA) is 53.2 Å². The number of H-pyrrole nitrogens is 1. The molecule has 124 valence electrons. The molecule has 0 bridgehead atoms. The van der Waals surface area contributed by atoms with Gasteiger partial charge in [-0.1, -0.05) is 35.9 Å². The van der Waals surface area contributed by atoms with Crippen molar-refractivity contribution in [3.05, 3.63) is 58.6 Å². The number of nitrogens with zero attached hydrogens (tertiary/aromatic N) is 1. The van der Waals surface area contributed by atoms with Gasteiger partial charge in [-0.3, -0.25) is 0 Å². The SMILES string of the molecule is O=S(=O)(c1ccc(Cl)s1)N1CC=C(c2c[nH]c3ccccc23)CC1. The first-order chi connectivity index (χ1) is 11.6. The number of para-hydroxylation sites is 1. The van der Waals surface area contributed by atoms with E-state index in [0.29, 0.717) is 28.1 Å². The van der Waals surface area contributed by atoms with Crippen LogP contribution in [0.5, 0.6) is 0 Å². The predicted molar refractivity (Wildman–Crippen MR) is 99.0 cm³/mol. The standard InChI is InChI=1S/C17H15ClN2O2S2/c18-16-5-6-17(23-16)24(21,22)20-9-7-12(8-10-20)14-11-19-15-4-2-1-3-13(14)15/h1-7,11,19H,8-10H2. The Morgan fingerprint density at radius 3 is 2.71 bits per heavy atom. The summed E-state index contributed by atoms with van der Waals surface area (Å²) in [6, 6.07) is 11.3. The van der Waals surface area contributed by atoms with Gasteiger partial charge in [0.2, 0.25) is 0 Å². The van der Waals surface area contributed by atoms with Gasteiger partial charge in [0.05, 0.1) is 4.34 Å². The number of thiophene rings is 1. The maximum atomic E-state index is 12.6. The molecule has 24 heavy (non-hydrogen) atoms. The van der Waals surface area contributed by atoms with Gasteiger partial charge in [0.1, 0.15) is 4.21 Å². The largest absolute Gasteiger partial charge is 0.361 e. The molecule has 0 spiro atoms. The Morgan fingerprint density at radius 1 is 1.17 bits per heavy atom. The number of benzene rings is 1. The fourth-order valence-electron chi connectivity index (χ4n) is 3.01. The fraction of sp³-hybridized carbons (Fsp3) is 0.176. The molecule has 0 aliphatic carbocycles. The van der Waals surface area contributed by atoms with Gasteiger partial charge < -0.3 is 4.98 Å². The molecule has 1 aliphatic heterocycles. The Morgan fingerprint density at radius 2 is 2.00 bits per heavy atom. The molecule has 3 heterocycles. The smallest absolute Gasteiger partial charge is 0.252 e. The van der Waals surface area contributed by atoms with Crippen molar-refractivity contribution >= 4 is 49.4 Å². The summed E-state index contributed by atoms with van der Waals surface area (Å²) in [6.07, 6.45) is 4.70. The number of hydrogen-bond acceptors (Lipinski definition) is 3. The summed E-state index contributed by atoms with van der Waals surface area (Å²) in [6.45, 7) is 0.857. The third-order valence-electron chi connectivity index (χ3n) is 4.25. The van der Waals surface area contributed by atoms with Gasteiger partial charge in [-0.15, -0.1) is 11.3 Å². The minimum absolute atomic E-state index is 0.302. The second kappa shape index (κ2) is 6.04. The van der Waals surface area contributed by atoms with Gasteiger partial charge in [-0.05, 0) is 30.2 Å². The van der Waals surface area contributed by atoms with Crippen molar-refractivity contribution in [1.82, 2.24) is 9.29 Å². The molecule has 1 aromatic carbocycles. The number of aromatic nitrogens is 1. The molecule has 0 atom stereocenters. The average Bonchev–Trinajstić information content (AvgIpc) is 3.21. The zero-order valence-electron chi connectivity index (χ0n) is 12.7. The molecule has 0 saturated heterocycles. The first-order valence-electron chi connectivity index (χ1n) is 7.57. The molecule has 7 heteroatoms. The number of nitrogens with one attached hydrogen (secondary N) is 1. The van der Waals surface area contributed by atoms with Crippen LogP contribution in [0, 0.1) is 0 Å². The first kappa shape index (κ1) is 15.9. The molecular formula is C17H15ClN2O2S2. The maximum absolute atomic E-state index is 12.6. The van der Waals surface area contributed by atoms with E-state index in [1.165, 1.54) is 15.3 Å². The highest BCUT2D eigenvalue weighted by Crippen LogP contribution is 2.33. The quantitative estimate of drug-likeness (QED) is 0.736. The Balaban J connectivity index is 1.61. The monoisotopic (exact) mass is 378 g/mol. The summed E-state index contributed by atoms with van der Waals surface area (Å²) >= 11 is 6.97. The Bertz CT molecular complexity index is 1030. The molecule has 4 rings (SSSR count). The van der Waals surface area contributed by atoms with Crippen LogP contribution in [-0.4, -0.2) is 30.8 Å². The third kappa shape index (κ3) is 2.69. The molecule has 3 aromatic rings. The molecule has 1 N–H and O–H groups in total. The van der Waals surface area contributed by atoms with Crippen LogP contribution in [0.25, 0.3) is 16.5 Å². The van der Waals surface area contributed by atoms with E-state index in [1.54, 1.807) is 12.1 Å². The van der Waals surface area contributed by atoms with Crippen molar-refractivity contribution in [1.29, 1.82) is 0 Å². The second-order valence-electron chi connectivity index (χ2n) is 5.65. The zero-order chi connectivity index (χ0) is 16.7. The molecule has 0 fully saturated rings. The summed E-state index contributed by atoms with van der Waals surface area (Å²) in [5.41, 5.74) is 3.43. The van der Waals surface area contributed by atoms with Crippen LogP contribution < -0.4 is 0 Å². The summed E-state index contributed by atoms with van der Waals surface area (Å²) in [5.74, 6) is 0. The summed E-state index contributed by atoms with van der Waals surface area (Å²) in [7, 11) is -3.46. The van der Waals surface area contributed by atoms with E-state index >= 15 is 0 Å². The first-order valence-corrected chi connectivity index (χ1v) is 10.2. The highest BCUT2D eigenvalue weighted by molar-refractivity contribution is 7.91. The Labute approximate surface area is 149 Å². The van der Waals surface area contributed by atoms with Gasteiger partial charge in [-0.2, -0.15) is 4.31 Å². The van der Waals surface area contributed by atoms with E-state index < -0.39 is 10.0 Å². The normalized spacial score (nSPS) is 16.5. The number of fused-ring (bicyclic) bond motifs is 1. The highest BCUT2D eigenvalue weighted by Gasteiger charge is 2.28. The van der Waals surface area contributed by atoms with E-state index in [1.807, 2.05) is 30.5 Å². The number of aromatic amines is 1. The molecule has 1 aliphatic rings. The van der Waals surface area contributed by atoms with Crippen molar-refractivity contribution < 1.29 is 8.42 Å². The van der Waals surface area contributed by atoms with Crippen LogP contribution in [0.4, 0.5) is 0 Å². The lowest BCUT2D eigenvalue weighted by Gasteiger charge is -2.25. The molecule has 4 nitrogen and oxygen atoms in total. The predicted octanol–water partition coefficient (Wildman–Crippen LogP) is 4.36. The van der Waals surface area contributed by atoms with Crippen molar-refractivity contribution in [2.45, 2.75) is 10.6 Å². The Hall–Kier alpha value is -1.60. The van der Waals surface area contributed by atoms with Gasteiger partial charge >= 0.3 is 0 Å². The molecular weight excluding hydrogens is 364 g/mol. The van der Waals surface area contributed by atoms with Crippen molar-refractivity contribution in [3.63, 3.8) is 0 Å². The molecule has 0 radical (unpaired) electrons. The number of rotatable bonds is 3. The zero-order valence-corrected chi connectivity index (χ0v) is 15.1. The summed E-state index contributed by atoms with van der Waals surface area (Å²) in [5, 5.41) is 1.17. The minimum atomic E-state index is -3.46. The number of sulfonamides is 1. The lowest BCUT2D eigenvalue weighted by Crippen LogP contribution is -2.34. The van der Waals surface area contributed by atoms with Crippen molar-refractivity contribution in [3.8, 4) is 0 Å². The molecule has 0 saturated carbocycles. The van der Waals surface area contributed by atoms with E-state index in [9.17, 15) is 8.42 Å². The molecule has 2 aromatic heterocycles. The summed E-state index contributed by atoms with van der Waals surface area (Å²) in [4.78, 5) is 3.27. The van der Waals surface area contributed by atoms with Crippen LogP contribution in [0.3, 0.4) is 0 Å². The molecule has 0 amide bonds.